The molecule has 106 valence electrons. The summed E-state index contributed by atoms with van der Waals surface area (Å²) in [7, 11) is 0. The standard InChI is InChI=1S/C16H24ClNO/c1-12(2)8-9-19-16-7-5-6-15(17)14(16)11-18-10-13(3)4/h5-8,13,18H,9-11H2,1-4H3. The molecule has 0 atom stereocenters. The van der Waals surface area contributed by atoms with Crippen LogP contribution < -0.4 is 10.1 Å². The zero-order chi connectivity index (χ0) is 14.3. The Morgan fingerprint density at radius 1 is 1.37 bits per heavy atom. The second-order valence-corrected chi connectivity index (χ2v) is 5.74. The van der Waals surface area contributed by atoms with Crippen molar-refractivity contribution in [2.75, 3.05) is 13.2 Å². The summed E-state index contributed by atoms with van der Waals surface area (Å²) in [6.45, 7) is 10.8. The van der Waals surface area contributed by atoms with Gasteiger partial charge >= 0.3 is 0 Å². The second kappa shape index (κ2) is 8.23. The highest BCUT2D eigenvalue weighted by Gasteiger charge is 2.07. The lowest BCUT2D eigenvalue weighted by Gasteiger charge is -2.14. The van der Waals surface area contributed by atoms with E-state index in [9.17, 15) is 0 Å². The van der Waals surface area contributed by atoms with Crippen LogP contribution in [0, 0.1) is 5.92 Å². The van der Waals surface area contributed by atoms with Crippen molar-refractivity contribution < 1.29 is 4.74 Å². The third-order valence-corrected chi connectivity index (χ3v) is 3.01. The fraction of sp³-hybridized carbons (Fsp3) is 0.500. The van der Waals surface area contributed by atoms with Crippen LogP contribution in [0.25, 0.3) is 0 Å². The molecule has 0 aliphatic carbocycles. The number of hydrogen-bond acceptors (Lipinski definition) is 2. The van der Waals surface area contributed by atoms with E-state index < -0.39 is 0 Å². The topological polar surface area (TPSA) is 21.3 Å². The highest BCUT2D eigenvalue weighted by molar-refractivity contribution is 6.31. The maximum Gasteiger partial charge on any atom is 0.125 e. The van der Waals surface area contributed by atoms with Gasteiger partial charge in [0.15, 0.2) is 0 Å². The van der Waals surface area contributed by atoms with Gasteiger partial charge in [0.2, 0.25) is 0 Å². The highest BCUT2D eigenvalue weighted by Crippen LogP contribution is 2.26. The fourth-order valence-electron chi connectivity index (χ4n) is 1.63. The van der Waals surface area contributed by atoms with Crippen LogP contribution in [0.1, 0.15) is 33.3 Å². The molecule has 0 amide bonds. The lowest BCUT2D eigenvalue weighted by Crippen LogP contribution is -2.19. The van der Waals surface area contributed by atoms with E-state index in [1.807, 2.05) is 18.2 Å². The van der Waals surface area contributed by atoms with Gasteiger partial charge in [-0.2, -0.15) is 0 Å². The molecule has 2 nitrogen and oxygen atoms in total. The normalized spacial score (nSPS) is 10.6. The Labute approximate surface area is 121 Å². The van der Waals surface area contributed by atoms with Crippen LogP contribution in [0.5, 0.6) is 5.75 Å². The number of ether oxygens (including phenoxy) is 1. The number of hydrogen-bond donors (Lipinski definition) is 1. The van der Waals surface area contributed by atoms with E-state index in [1.54, 1.807) is 0 Å². The molecule has 0 saturated carbocycles. The van der Waals surface area contributed by atoms with Crippen molar-refractivity contribution in [1.29, 1.82) is 0 Å². The quantitative estimate of drug-likeness (QED) is 0.747. The van der Waals surface area contributed by atoms with Crippen molar-refractivity contribution in [3.63, 3.8) is 0 Å². The monoisotopic (exact) mass is 281 g/mol. The van der Waals surface area contributed by atoms with Crippen LogP contribution in [0.15, 0.2) is 29.8 Å². The van der Waals surface area contributed by atoms with E-state index in [2.05, 4.69) is 39.1 Å². The first-order valence-corrected chi connectivity index (χ1v) is 7.12. The summed E-state index contributed by atoms with van der Waals surface area (Å²) in [5.41, 5.74) is 2.29. The largest absolute Gasteiger partial charge is 0.489 e. The maximum atomic E-state index is 6.25. The van der Waals surface area contributed by atoms with Gasteiger partial charge in [-0.15, -0.1) is 0 Å². The number of halogens is 1. The SMILES string of the molecule is CC(C)=CCOc1cccc(Cl)c1CNCC(C)C. The van der Waals surface area contributed by atoms with Gasteiger partial charge in [0, 0.05) is 17.1 Å². The molecule has 0 aliphatic rings. The van der Waals surface area contributed by atoms with Gasteiger partial charge < -0.3 is 10.1 Å². The first-order chi connectivity index (χ1) is 9.00. The van der Waals surface area contributed by atoms with Crippen LogP contribution in [-0.2, 0) is 6.54 Å². The number of allylic oxidation sites excluding steroid dienone is 1. The van der Waals surface area contributed by atoms with Gasteiger partial charge in [-0.3, -0.25) is 0 Å². The summed E-state index contributed by atoms with van der Waals surface area (Å²) in [4.78, 5) is 0. The molecule has 1 aromatic carbocycles. The third-order valence-electron chi connectivity index (χ3n) is 2.66. The van der Waals surface area contributed by atoms with Crippen LogP contribution in [0.2, 0.25) is 5.02 Å². The van der Waals surface area contributed by atoms with Crippen molar-refractivity contribution in [2.24, 2.45) is 5.92 Å². The van der Waals surface area contributed by atoms with Gasteiger partial charge in [-0.05, 0) is 44.5 Å². The van der Waals surface area contributed by atoms with Crippen LogP contribution in [-0.4, -0.2) is 13.2 Å². The molecule has 0 spiro atoms. The average molecular weight is 282 g/mol. The van der Waals surface area contributed by atoms with Crippen molar-refractivity contribution in [3.8, 4) is 5.75 Å². The van der Waals surface area contributed by atoms with Gasteiger partial charge in [0.1, 0.15) is 12.4 Å². The molecule has 0 radical (unpaired) electrons. The molecule has 1 aromatic rings. The summed E-state index contributed by atoms with van der Waals surface area (Å²) in [6, 6.07) is 5.80. The first kappa shape index (κ1) is 16.1. The lowest BCUT2D eigenvalue weighted by atomic mass is 10.1. The molecule has 1 N–H and O–H groups in total. The van der Waals surface area contributed by atoms with Crippen LogP contribution >= 0.6 is 11.6 Å². The Hall–Kier alpha value is -0.990. The predicted octanol–water partition coefficient (Wildman–Crippen LogP) is 4.43. The summed E-state index contributed by atoms with van der Waals surface area (Å²) < 4.78 is 5.79. The molecule has 0 aliphatic heterocycles. The van der Waals surface area contributed by atoms with Crippen molar-refractivity contribution >= 4 is 11.6 Å². The molecule has 0 saturated heterocycles. The Balaban J connectivity index is 2.68. The maximum absolute atomic E-state index is 6.25. The number of rotatable bonds is 7. The predicted molar refractivity (Wildman–Crippen MR) is 82.9 cm³/mol. The third kappa shape index (κ3) is 6.13. The Morgan fingerprint density at radius 3 is 2.74 bits per heavy atom. The smallest absolute Gasteiger partial charge is 0.125 e. The zero-order valence-corrected chi connectivity index (χ0v) is 13.1. The molecule has 3 heteroatoms. The molecule has 0 bridgehead atoms. The van der Waals surface area contributed by atoms with E-state index in [4.69, 9.17) is 16.3 Å². The molecule has 1 rings (SSSR count). The number of nitrogens with one attached hydrogen (secondary N) is 1. The van der Waals surface area contributed by atoms with Gasteiger partial charge in [-0.25, -0.2) is 0 Å². The van der Waals surface area contributed by atoms with E-state index >= 15 is 0 Å². The highest BCUT2D eigenvalue weighted by atomic mass is 35.5. The summed E-state index contributed by atoms with van der Waals surface area (Å²) >= 11 is 6.25. The summed E-state index contributed by atoms with van der Waals surface area (Å²) in [6.07, 6.45) is 2.06. The Bertz CT molecular complexity index is 423. The minimum absolute atomic E-state index is 0.583. The molecular formula is C16H24ClNO. The lowest BCUT2D eigenvalue weighted by molar-refractivity contribution is 0.356. The van der Waals surface area contributed by atoms with Gasteiger partial charge in [-0.1, -0.05) is 37.1 Å². The summed E-state index contributed by atoms with van der Waals surface area (Å²) in [5.74, 6) is 1.48. The molecule has 0 fully saturated rings. The van der Waals surface area contributed by atoms with Crippen LogP contribution in [0.3, 0.4) is 0 Å². The molecule has 0 heterocycles. The van der Waals surface area contributed by atoms with Crippen molar-refractivity contribution in [3.05, 3.63) is 40.4 Å². The number of benzene rings is 1. The minimum atomic E-state index is 0.583. The van der Waals surface area contributed by atoms with Gasteiger partial charge in [0.05, 0.1) is 0 Å². The van der Waals surface area contributed by atoms with Crippen LogP contribution in [0.4, 0.5) is 0 Å². The molecule has 19 heavy (non-hydrogen) atoms. The molecular weight excluding hydrogens is 258 g/mol. The van der Waals surface area contributed by atoms with E-state index in [0.717, 1.165) is 29.4 Å². The zero-order valence-electron chi connectivity index (χ0n) is 12.3. The average Bonchev–Trinajstić information content (AvgIpc) is 2.31. The summed E-state index contributed by atoms with van der Waals surface area (Å²) in [5, 5.41) is 4.16. The molecule has 0 aromatic heterocycles. The molecule has 0 unspecified atom stereocenters. The van der Waals surface area contributed by atoms with E-state index in [0.29, 0.717) is 12.5 Å². The van der Waals surface area contributed by atoms with Crippen molar-refractivity contribution in [1.82, 2.24) is 5.32 Å². The second-order valence-electron chi connectivity index (χ2n) is 5.33. The minimum Gasteiger partial charge on any atom is -0.489 e. The van der Waals surface area contributed by atoms with E-state index in [-0.39, 0.29) is 0 Å². The van der Waals surface area contributed by atoms with Gasteiger partial charge in [0.25, 0.3) is 0 Å². The first-order valence-electron chi connectivity index (χ1n) is 6.75. The fourth-order valence-corrected chi connectivity index (χ4v) is 1.86. The Morgan fingerprint density at radius 2 is 2.11 bits per heavy atom. The van der Waals surface area contributed by atoms with E-state index in [1.165, 1.54) is 5.57 Å². The van der Waals surface area contributed by atoms with Crippen molar-refractivity contribution in [2.45, 2.75) is 34.2 Å². The Kier molecular flexibility index (Phi) is 6.96.